The van der Waals surface area contributed by atoms with E-state index in [4.69, 9.17) is 0 Å². The van der Waals surface area contributed by atoms with E-state index in [2.05, 4.69) is 0 Å². The number of carbonyl (C=O) groups is 12. The minimum Gasteiger partial charge on any atom is -0.548 e. The van der Waals surface area contributed by atoms with Crippen molar-refractivity contribution in [1.29, 1.82) is 0 Å². The third-order valence-corrected chi connectivity index (χ3v) is 16.4. The first-order chi connectivity index (χ1) is 42.9. The molecule has 0 aromatic heterocycles. The summed E-state index contributed by atoms with van der Waals surface area (Å²) in [4.78, 5) is 152. The molecule has 2 radical (unpaired) electrons. The van der Waals surface area contributed by atoms with E-state index in [1.165, 1.54) is 0 Å². The Hall–Kier alpha value is -9.51. The summed E-state index contributed by atoms with van der Waals surface area (Å²) in [7, 11) is 0. The predicted octanol–water partition coefficient (Wildman–Crippen LogP) is 6.40. The number of carboxylic acid groups (broad SMARTS) is 4. The first-order valence-corrected chi connectivity index (χ1v) is 29.3. The fourth-order valence-corrected chi connectivity index (χ4v) is 12.5. The normalized spacial score (nSPS) is 15.5. The Bertz CT molecular complexity index is 3770. The van der Waals surface area contributed by atoms with Gasteiger partial charge in [-0.25, -0.2) is 0 Å². The predicted molar refractivity (Wildman–Crippen MR) is 331 cm³/mol. The molecule has 8 aromatic carbocycles. The van der Waals surface area contributed by atoms with Crippen molar-refractivity contribution in [3.63, 3.8) is 0 Å². The number of imide groups is 4. The Labute approximate surface area is 566 Å². The van der Waals surface area contributed by atoms with Gasteiger partial charge in [-0.2, -0.15) is 0 Å². The molecule has 0 saturated carbocycles. The summed E-state index contributed by atoms with van der Waals surface area (Å²) in [5.41, 5.74) is -0.644. The standard InChI is InChI=1S/4C18H17NO4.2Rh/c4*1-18(2,3)14(17(22)23)19-15(20)11-8-4-6-10-7-5-9-12(13(10)11)16(19)21;;/h4*4-9,14H,1-3H3,(H,22,23);;/q;;;;2*+2/p-4. The molecule has 0 spiro atoms. The van der Waals surface area contributed by atoms with Gasteiger partial charge in [-0.3, -0.25) is 58.0 Å². The zero-order chi connectivity index (χ0) is 67.8. The minimum absolute atomic E-state index is 0. The molecule has 20 nitrogen and oxygen atoms in total. The monoisotopic (exact) mass is 1450 g/mol. The van der Waals surface area contributed by atoms with E-state index < -0.39 is 117 Å². The van der Waals surface area contributed by atoms with Crippen LogP contribution in [0.5, 0.6) is 0 Å². The number of nitrogens with zero attached hydrogens (tertiary/aromatic N) is 4. The molecule has 4 aliphatic rings. The van der Waals surface area contributed by atoms with Gasteiger partial charge in [-0.15, -0.1) is 0 Å². The number of amides is 8. The van der Waals surface area contributed by atoms with Crippen LogP contribution >= 0.6 is 0 Å². The molecule has 0 N–H and O–H groups in total. The van der Waals surface area contributed by atoms with Crippen LogP contribution in [0.15, 0.2) is 146 Å². The van der Waals surface area contributed by atoms with Crippen molar-refractivity contribution in [3.05, 3.63) is 190 Å². The third kappa shape index (κ3) is 12.8. The molecule has 4 unspecified atom stereocenters. The second-order valence-electron chi connectivity index (χ2n) is 27.1. The van der Waals surface area contributed by atoms with Gasteiger partial charge in [0.1, 0.15) is 0 Å². The number of benzene rings is 8. The van der Waals surface area contributed by atoms with Crippen LogP contribution in [0.3, 0.4) is 0 Å². The van der Waals surface area contributed by atoms with Crippen molar-refractivity contribution in [2.75, 3.05) is 0 Å². The van der Waals surface area contributed by atoms with Crippen LogP contribution in [0.25, 0.3) is 43.1 Å². The molecule has 4 atom stereocenters. The second-order valence-corrected chi connectivity index (χ2v) is 27.1. The zero-order valence-corrected chi connectivity index (χ0v) is 56.4. The van der Waals surface area contributed by atoms with Crippen LogP contribution in [0, 0.1) is 21.7 Å². The molecule has 8 amide bonds. The topological polar surface area (TPSA) is 310 Å². The van der Waals surface area contributed by atoms with Crippen molar-refractivity contribution in [1.82, 2.24) is 19.6 Å². The second kappa shape index (κ2) is 26.5. The third-order valence-electron chi connectivity index (χ3n) is 16.4. The molecule has 22 heteroatoms. The summed E-state index contributed by atoms with van der Waals surface area (Å²) in [6.07, 6.45) is 0. The van der Waals surface area contributed by atoms with E-state index >= 15 is 0 Å². The van der Waals surface area contributed by atoms with E-state index in [0.717, 1.165) is 41.1 Å². The summed E-state index contributed by atoms with van der Waals surface area (Å²) < 4.78 is 0. The average molecular weight is 1450 g/mol. The number of carboxylic acids is 4. The molecule has 12 rings (SSSR count). The van der Waals surface area contributed by atoms with Crippen molar-refractivity contribution < 1.29 is 117 Å². The summed E-state index contributed by atoms with van der Waals surface area (Å²) >= 11 is 0. The summed E-state index contributed by atoms with van der Waals surface area (Å²) in [5.74, 6) is -10.5. The van der Waals surface area contributed by atoms with Crippen molar-refractivity contribution >= 4 is 114 Å². The smallest absolute Gasteiger partial charge is 0.548 e. The van der Waals surface area contributed by atoms with E-state index in [-0.39, 0.29) is 39.0 Å². The zero-order valence-electron chi connectivity index (χ0n) is 53.2. The van der Waals surface area contributed by atoms with E-state index in [0.29, 0.717) is 66.1 Å². The summed E-state index contributed by atoms with van der Waals surface area (Å²) in [6, 6.07) is 35.9. The molecule has 8 aromatic rings. The van der Waals surface area contributed by atoms with Crippen LogP contribution in [0.2, 0.25) is 0 Å². The van der Waals surface area contributed by atoms with Gasteiger partial charge in [0.2, 0.25) is 0 Å². The van der Waals surface area contributed by atoms with E-state index in [9.17, 15) is 78.0 Å². The summed E-state index contributed by atoms with van der Waals surface area (Å²) in [5, 5.41) is 52.0. The molecule has 4 aliphatic heterocycles. The fraction of sp³-hybridized carbons (Fsp3) is 0.278. The van der Waals surface area contributed by atoms with Crippen LogP contribution in [-0.4, -0.2) is 115 Å². The number of hydrogen-bond donors (Lipinski definition) is 0. The van der Waals surface area contributed by atoms with Gasteiger partial charge in [-0.05, 0) is 91.7 Å². The van der Waals surface area contributed by atoms with Crippen molar-refractivity contribution in [2.24, 2.45) is 21.7 Å². The van der Waals surface area contributed by atoms with Gasteiger partial charge in [0.05, 0.1) is 48.0 Å². The Balaban J connectivity index is 0.000000176. The Morgan fingerprint density at radius 1 is 0.255 bits per heavy atom. The molecule has 4 heterocycles. The molecule has 486 valence electrons. The molecule has 0 aliphatic carbocycles. The van der Waals surface area contributed by atoms with Gasteiger partial charge < -0.3 is 39.6 Å². The maximum atomic E-state index is 12.8. The average Bonchev–Trinajstić information content (AvgIpc) is 0.761. The van der Waals surface area contributed by atoms with E-state index in [1.807, 2.05) is 48.5 Å². The molecule has 0 fully saturated rings. The quantitative estimate of drug-likeness (QED) is 0.117. The number of rotatable bonds is 8. The number of aliphatic carboxylic acids is 4. The SMILES string of the molecule is CC(C)(C)C(C(=O)[O-])N1C(=O)c2cccc3cccc(c23)C1=O.CC(C)(C)C(C(=O)[O-])N1C(=O)c2cccc3cccc(c23)C1=O.CC(C)(C)C(C(=O)[O-])N1C(=O)c2cccc3cccc(c23)C1=O.CC(C)(C)C(C(=O)[O-])N1C(=O)c2cccc3cccc(c23)C1=O.[Rh+2].[Rh+2]. The largest absolute Gasteiger partial charge is 2.00 e. The first kappa shape index (κ1) is 71.9. The van der Waals surface area contributed by atoms with Crippen molar-refractivity contribution in [3.8, 4) is 0 Å². The van der Waals surface area contributed by atoms with Crippen LogP contribution in [-0.2, 0) is 58.1 Å². The number of carbonyl (C=O) groups excluding carboxylic acids is 12. The summed E-state index contributed by atoms with van der Waals surface area (Å²) in [6.45, 7) is 19.9. The molecule has 0 saturated heterocycles. The van der Waals surface area contributed by atoms with Gasteiger partial charge in [0.25, 0.3) is 47.3 Å². The minimum atomic E-state index is -1.44. The maximum Gasteiger partial charge on any atom is 2.00 e. The fourth-order valence-electron chi connectivity index (χ4n) is 12.5. The van der Waals surface area contributed by atoms with E-state index in [1.54, 1.807) is 180 Å². The molecule has 0 bridgehead atoms. The van der Waals surface area contributed by atoms with Gasteiger partial charge in [0, 0.05) is 66.1 Å². The van der Waals surface area contributed by atoms with Crippen LogP contribution in [0.4, 0.5) is 0 Å². The molecular weight excluding hydrogens is 1380 g/mol. The molecular formula is C72H64N4O16Rh2. The van der Waals surface area contributed by atoms with Crippen LogP contribution < -0.4 is 20.4 Å². The van der Waals surface area contributed by atoms with Gasteiger partial charge in [0.15, 0.2) is 0 Å². The van der Waals surface area contributed by atoms with Crippen LogP contribution in [0.1, 0.15) is 166 Å². The van der Waals surface area contributed by atoms with Gasteiger partial charge >= 0.3 is 39.0 Å². The Morgan fingerprint density at radius 2 is 0.372 bits per heavy atom. The van der Waals surface area contributed by atoms with Gasteiger partial charge in [-0.1, -0.05) is 180 Å². The first-order valence-electron chi connectivity index (χ1n) is 29.3. The maximum absolute atomic E-state index is 12.8. The molecule has 94 heavy (non-hydrogen) atoms. The Kier molecular flexibility index (Phi) is 20.3. The number of hydrogen-bond acceptors (Lipinski definition) is 16. The Morgan fingerprint density at radius 3 is 0.468 bits per heavy atom. The van der Waals surface area contributed by atoms with Crippen molar-refractivity contribution in [2.45, 2.75) is 107 Å².